The molecule has 2 rings (SSSR count). The van der Waals surface area contributed by atoms with Crippen LogP contribution in [0.1, 0.15) is 21.5 Å². The zero-order valence-corrected chi connectivity index (χ0v) is 13.7. The minimum Gasteiger partial charge on any atom is -0.465 e. The molecular formula is C16H17BrN2O2. The van der Waals surface area contributed by atoms with Crippen LogP contribution in [-0.2, 0) is 4.74 Å². The van der Waals surface area contributed by atoms with Crippen LogP contribution in [0.3, 0.4) is 0 Å². The lowest BCUT2D eigenvalue weighted by atomic mass is 10.1. The van der Waals surface area contributed by atoms with E-state index in [1.807, 2.05) is 26.0 Å². The third kappa shape index (κ3) is 3.36. The molecule has 0 bridgehead atoms. The van der Waals surface area contributed by atoms with Crippen LogP contribution in [0.15, 0.2) is 34.8 Å². The minimum absolute atomic E-state index is 0.399. The first-order valence-electron chi connectivity index (χ1n) is 6.44. The fraction of sp³-hybridized carbons (Fsp3) is 0.188. The van der Waals surface area contributed by atoms with Crippen LogP contribution >= 0.6 is 15.9 Å². The Hall–Kier alpha value is -2.01. The minimum atomic E-state index is -0.399. The standard InChI is InChI=1S/C16H17BrN2O2/c1-9-6-12(7-10(2)15(9)17)19-14-5-4-11(8-13(14)18)16(20)21-3/h4-8,19H,18H2,1-3H3. The molecule has 0 atom stereocenters. The Morgan fingerprint density at radius 1 is 1.19 bits per heavy atom. The summed E-state index contributed by atoms with van der Waals surface area (Å²) in [7, 11) is 1.35. The summed E-state index contributed by atoms with van der Waals surface area (Å²) in [6.07, 6.45) is 0. The fourth-order valence-corrected chi connectivity index (χ4v) is 2.32. The Labute approximate surface area is 132 Å². The molecule has 0 amide bonds. The van der Waals surface area contributed by atoms with E-state index >= 15 is 0 Å². The third-order valence-electron chi connectivity index (χ3n) is 3.19. The molecule has 0 aliphatic carbocycles. The lowest BCUT2D eigenvalue weighted by molar-refractivity contribution is 0.0601. The lowest BCUT2D eigenvalue weighted by Gasteiger charge is -2.13. The highest BCUT2D eigenvalue weighted by Gasteiger charge is 2.09. The van der Waals surface area contributed by atoms with Gasteiger partial charge in [0.25, 0.3) is 0 Å². The highest BCUT2D eigenvalue weighted by atomic mass is 79.9. The Bertz CT molecular complexity index is 676. The molecule has 0 saturated heterocycles. The van der Waals surface area contributed by atoms with Crippen LogP contribution in [-0.4, -0.2) is 13.1 Å². The van der Waals surface area contributed by atoms with Gasteiger partial charge in [-0.3, -0.25) is 0 Å². The molecule has 21 heavy (non-hydrogen) atoms. The van der Waals surface area contributed by atoms with E-state index in [4.69, 9.17) is 5.73 Å². The second-order valence-electron chi connectivity index (χ2n) is 4.84. The van der Waals surface area contributed by atoms with Crippen molar-refractivity contribution in [2.75, 3.05) is 18.2 Å². The summed E-state index contributed by atoms with van der Waals surface area (Å²) in [5, 5.41) is 3.27. The Balaban J connectivity index is 2.30. The van der Waals surface area contributed by atoms with Crippen LogP contribution in [0.25, 0.3) is 0 Å². The van der Waals surface area contributed by atoms with E-state index in [1.165, 1.54) is 7.11 Å². The van der Waals surface area contributed by atoms with E-state index < -0.39 is 5.97 Å². The number of nitrogens with two attached hydrogens (primary N) is 1. The average Bonchev–Trinajstić information content (AvgIpc) is 2.46. The highest BCUT2D eigenvalue weighted by molar-refractivity contribution is 9.10. The summed E-state index contributed by atoms with van der Waals surface area (Å²) < 4.78 is 5.77. The predicted molar refractivity (Wildman–Crippen MR) is 89.1 cm³/mol. The van der Waals surface area contributed by atoms with Gasteiger partial charge in [-0.2, -0.15) is 0 Å². The van der Waals surface area contributed by atoms with Crippen LogP contribution in [0.5, 0.6) is 0 Å². The van der Waals surface area contributed by atoms with Gasteiger partial charge in [0.2, 0.25) is 0 Å². The molecule has 0 aromatic heterocycles. The second-order valence-corrected chi connectivity index (χ2v) is 5.64. The van der Waals surface area contributed by atoms with E-state index in [0.29, 0.717) is 11.3 Å². The van der Waals surface area contributed by atoms with Crippen molar-refractivity contribution in [2.45, 2.75) is 13.8 Å². The number of halogens is 1. The molecule has 0 aliphatic heterocycles. The molecule has 0 unspecified atom stereocenters. The maximum Gasteiger partial charge on any atom is 0.337 e. The van der Waals surface area contributed by atoms with Crippen molar-refractivity contribution in [1.82, 2.24) is 0 Å². The summed E-state index contributed by atoms with van der Waals surface area (Å²) in [4.78, 5) is 11.5. The molecule has 0 fully saturated rings. The number of carbonyl (C=O) groups is 1. The topological polar surface area (TPSA) is 64.3 Å². The largest absolute Gasteiger partial charge is 0.465 e. The smallest absolute Gasteiger partial charge is 0.337 e. The summed E-state index contributed by atoms with van der Waals surface area (Å²) in [5.41, 5.74) is 10.9. The Morgan fingerprint density at radius 2 is 1.81 bits per heavy atom. The first kappa shape index (κ1) is 15.4. The number of hydrogen-bond acceptors (Lipinski definition) is 4. The number of esters is 1. The maximum atomic E-state index is 11.5. The van der Waals surface area contributed by atoms with Gasteiger partial charge in [0.15, 0.2) is 0 Å². The SMILES string of the molecule is COC(=O)c1ccc(Nc2cc(C)c(Br)c(C)c2)c(N)c1. The van der Waals surface area contributed by atoms with Gasteiger partial charge in [0.05, 0.1) is 24.0 Å². The molecule has 0 saturated carbocycles. The summed E-state index contributed by atoms with van der Waals surface area (Å²) in [6.45, 7) is 4.07. The number of aryl methyl sites for hydroxylation is 2. The predicted octanol–water partition coefficient (Wildman–Crippen LogP) is 4.18. The van der Waals surface area contributed by atoms with Crippen molar-refractivity contribution in [3.05, 3.63) is 51.5 Å². The van der Waals surface area contributed by atoms with E-state index in [2.05, 4.69) is 26.0 Å². The lowest BCUT2D eigenvalue weighted by Crippen LogP contribution is -2.04. The van der Waals surface area contributed by atoms with Crippen molar-refractivity contribution in [1.29, 1.82) is 0 Å². The molecule has 5 heteroatoms. The number of carbonyl (C=O) groups excluding carboxylic acids is 1. The molecule has 0 radical (unpaired) electrons. The van der Waals surface area contributed by atoms with Crippen LogP contribution < -0.4 is 11.1 Å². The monoisotopic (exact) mass is 348 g/mol. The Kier molecular flexibility index (Phi) is 4.53. The second kappa shape index (κ2) is 6.18. The van der Waals surface area contributed by atoms with Crippen LogP contribution in [0.4, 0.5) is 17.1 Å². The molecule has 2 aromatic carbocycles. The van der Waals surface area contributed by atoms with E-state index in [0.717, 1.165) is 27.0 Å². The van der Waals surface area contributed by atoms with Crippen molar-refractivity contribution in [2.24, 2.45) is 0 Å². The van der Waals surface area contributed by atoms with Gasteiger partial charge in [-0.1, -0.05) is 15.9 Å². The van der Waals surface area contributed by atoms with Crippen molar-refractivity contribution in [3.8, 4) is 0 Å². The zero-order valence-electron chi connectivity index (χ0n) is 12.2. The molecule has 110 valence electrons. The van der Waals surface area contributed by atoms with E-state index in [-0.39, 0.29) is 0 Å². The van der Waals surface area contributed by atoms with Gasteiger partial charge in [-0.05, 0) is 55.3 Å². The number of rotatable bonds is 3. The number of nitrogen functional groups attached to an aromatic ring is 1. The number of benzene rings is 2. The maximum absolute atomic E-state index is 11.5. The molecule has 0 aliphatic rings. The van der Waals surface area contributed by atoms with Gasteiger partial charge in [0, 0.05) is 10.2 Å². The van der Waals surface area contributed by atoms with Gasteiger partial charge in [-0.25, -0.2) is 4.79 Å². The van der Waals surface area contributed by atoms with Crippen molar-refractivity contribution >= 4 is 39.0 Å². The quantitative estimate of drug-likeness (QED) is 0.645. The van der Waals surface area contributed by atoms with Gasteiger partial charge in [-0.15, -0.1) is 0 Å². The molecule has 4 nitrogen and oxygen atoms in total. The van der Waals surface area contributed by atoms with Gasteiger partial charge in [0.1, 0.15) is 0 Å². The van der Waals surface area contributed by atoms with Crippen LogP contribution in [0.2, 0.25) is 0 Å². The molecule has 3 N–H and O–H groups in total. The summed E-state index contributed by atoms with van der Waals surface area (Å²) in [5.74, 6) is -0.399. The molecule has 2 aromatic rings. The number of hydrogen-bond donors (Lipinski definition) is 2. The first-order valence-corrected chi connectivity index (χ1v) is 7.23. The van der Waals surface area contributed by atoms with Crippen molar-refractivity contribution in [3.63, 3.8) is 0 Å². The number of nitrogens with one attached hydrogen (secondary N) is 1. The number of methoxy groups -OCH3 is 1. The van der Waals surface area contributed by atoms with Gasteiger partial charge < -0.3 is 15.8 Å². The molecule has 0 spiro atoms. The average molecular weight is 349 g/mol. The number of anilines is 3. The third-order valence-corrected chi connectivity index (χ3v) is 4.44. The normalized spacial score (nSPS) is 10.3. The van der Waals surface area contributed by atoms with E-state index in [9.17, 15) is 4.79 Å². The summed E-state index contributed by atoms with van der Waals surface area (Å²) >= 11 is 3.54. The molecule has 0 heterocycles. The van der Waals surface area contributed by atoms with Gasteiger partial charge >= 0.3 is 5.97 Å². The Morgan fingerprint density at radius 3 is 2.33 bits per heavy atom. The van der Waals surface area contributed by atoms with E-state index in [1.54, 1.807) is 18.2 Å². The summed E-state index contributed by atoms with van der Waals surface area (Å²) in [6, 6.07) is 9.12. The first-order chi connectivity index (χ1) is 9.92. The van der Waals surface area contributed by atoms with Crippen molar-refractivity contribution < 1.29 is 9.53 Å². The van der Waals surface area contributed by atoms with Crippen LogP contribution in [0, 0.1) is 13.8 Å². The molecular weight excluding hydrogens is 332 g/mol. The highest BCUT2D eigenvalue weighted by Crippen LogP contribution is 2.29. The number of ether oxygens (including phenoxy) is 1. The zero-order chi connectivity index (χ0) is 15.6. The fourth-order valence-electron chi connectivity index (χ4n) is 2.09.